The Morgan fingerprint density at radius 3 is 2.50 bits per heavy atom. The molecule has 1 N–H and O–H groups in total. The monoisotopic (exact) mass is 232 g/mol. The molecular weight excluding hydrogens is 212 g/mol. The molecule has 94 valence electrons. The van der Waals surface area contributed by atoms with Gasteiger partial charge in [-0.05, 0) is 32.6 Å². The van der Waals surface area contributed by atoms with Crippen molar-refractivity contribution in [1.82, 2.24) is 0 Å². The van der Waals surface area contributed by atoms with Crippen LogP contribution in [0.2, 0.25) is 0 Å². The summed E-state index contributed by atoms with van der Waals surface area (Å²) in [6.45, 7) is 4.51. The molecule has 0 aliphatic carbocycles. The van der Waals surface area contributed by atoms with Gasteiger partial charge in [-0.2, -0.15) is 0 Å². The van der Waals surface area contributed by atoms with Crippen LogP contribution in [0.4, 0.5) is 0 Å². The molecule has 0 aromatic rings. The number of hydrogen-bond acceptors (Lipinski definition) is 4. The van der Waals surface area contributed by atoms with Gasteiger partial charge in [0.05, 0.1) is 0 Å². The van der Waals surface area contributed by atoms with Gasteiger partial charge in [0.25, 0.3) is 6.47 Å². The van der Waals surface area contributed by atoms with E-state index in [0.29, 0.717) is 32.3 Å². The summed E-state index contributed by atoms with van der Waals surface area (Å²) in [5.41, 5.74) is 0. The second-order valence-electron chi connectivity index (χ2n) is 3.48. The van der Waals surface area contributed by atoms with Gasteiger partial charge in [-0.3, -0.25) is 4.79 Å². The Labute approximate surface area is 95.7 Å². The lowest BCUT2D eigenvalue weighted by atomic mass is 10.1. The van der Waals surface area contributed by atoms with Crippen LogP contribution in [0.5, 0.6) is 0 Å². The maximum Gasteiger partial charge on any atom is 0.332 e. The predicted octanol–water partition coefficient (Wildman–Crippen LogP) is 1.60. The van der Waals surface area contributed by atoms with Crippen LogP contribution in [0.3, 0.4) is 0 Å². The molecule has 0 saturated heterocycles. The fourth-order valence-electron chi connectivity index (χ4n) is 1.46. The highest BCUT2D eigenvalue weighted by Gasteiger charge is 2.17. The lowest BCUT2D eigenvalue weighted by Crippen LogP contribution is -2.24. The molecule has 0 bridgehead atoms. The first kappa shape index (κ1) is 14.9. The third kappa shape index (κ3) is 6.40. The summed E-state index contributed by atoms with van der Waals surface area (Å²) < 4.78 is 9.89. The van der Waals surface area contributed by atoms with E-state index in [-0.39, 0.29) is 6.10 Å². The van der Waals surface area contributed by atoms with Crippen molar-refractivity contribution in [2.24, 2.45) is 0 Å². The van der Waals surface area contributed by atoms with E-state index in [2.05, 4.69) is 0 Å². The molecule has 0 spiro atoms. The van der Waals surface area contributed by atoms with Gasteiger partial charge in [-0.25, -0.2) is 4.79 Å². The van der Waals surface area contributed by atoms with E-state index in [1.165, 1.54) is 0 Å². The minimum absolute atomic E-state index is 0.117. The van der Waals surface area contributed by atoms with E-state index in [1.54, 1.807) is 6.92 Å². The Balaban J connectivity index is 3.82. The van der Waals surface area contributed by atoms with Gasteiger partial charge in [-0.15, -0.1) is 0 Å². The first-order valence-corrected chi connectivity index (χ1v) is 5.59. The molecule has 5 heteroatoms. The highest BCUT2D eigenvalue weighted by molar-refractivity contribution is 5.72. The number of carboxylic acid groups (broad SMARTS) is 1. The van der Waals surface area contributed by atoms with E-state index < -0.39 is 12.1 Å². The van der Waals surface area contributed by atoms with Crippen LogP contribution in [-0.2, 0) is 19.1 Å². The topological polar surface area (TPSA) is 72.8 Å². The zero-order valence-electron chi connectivity index (χ0n) is 9.85. The summed E-state index contributed by atoms with van der Waals surface area (Å²) in [4.78, 5) is 20.9. The zero-order chi connectivity index (χ0) is 12.4. The highest BCUT2D eigenvalue weighted by atomic mass is 16.5. The molecule has 2 unspecified atom stereocenters. The van der Waals surface area contributed by atoms with Crippen molar-refractivity contribution < 1.29 is 24.2 Å². The SMILES string of the molecule is CCOC(CCCC(CC)OC=O)C(=O)O. The molecular formula is C11H20O5. The molecule has 0 rings (SSSR count). The van der Waals surface area contributed by atoms with Crippen LogP contribution in [0.1, 0.15) is 39.5 Å². The van der Waals surface area contributed by atoms with Crippen molar-refractivity contribution in [3.8, 4) is 0 Å². The first-order chi connectivity index (χ1) is 7.65. The standard InChI is InChI=1S/C11H20O5/c1-3-9(16-8-12)6-5-7-10(11(13)14)15-4-2/h8-10H,3-7H2,1-2H3,(H,13,14). The number of hydrogen-bond donors (Lipinski definition) is 1. The number of carbonyl (C=O) groups is 2. The predicted molar refractivity (Wildman–Crippen MR) is 58.1 cm³/mol. The van der Waals surface area contributed by atoms with Gasteiger partial charge in [0.15, 0.2) is 6.10 Å². The fourth-order valence-corrected chi connectivity index (χ4v) is 1.46. The Bertz CT molecular complexity index is 205. The Morgan fingerprint density at radius 1 is 1.38 bits per heavy atom. The Hall–Kier alpha value is -1.10. The molecule has 0 aliphatic heterocycles. The van der Waals surface area contributed by atoms with Crippen LogP contribution in [0.15, 0.2) is 0 Å². The van der Waals surface area contributed by atoms with Gasteiger partial charge < -0.3 is 14.6 Å². The molecule has 0 aromatic heterocycles. The maximum absolute atomic E-state index is 10.7. The molecule has 0 heterocycles. The molecule has 0 saturated carbocycles. The van der Waals surface area contributed by atoms with E-state index in [9.17, 15) is 9.59 Å². The van der Waals surface area contributed by atoms with E-state index in [4.69, 9.17) is 14.6 Å². The summed E-state index contributed by atoms with van der Waals surface area (Å²) >= 11 is 0. The second-order valence-corrected chi connectivity index (χ2v) is 3.48. The van der Waals surface area contributed by atoms with Crippen molar-refractivity contribution in [1.29, 1.82) is 0 Å². The van der Waals surface area contributed by atoms with Crippen molar-refractivity contribution >= 4 is 12.4 Å². The summed E-state index contributed by atoms with van der Waals surface area (Å²) in [6, 6.07) is 0. The molecule has 2 atom stereocenters. The van der Waals surface area contributed by atoms with Crippen LogP contribution < -0.4 is 0 Å². The van der Waals surface area contributed by atoms with Crippen LogP contribution in [0, 0.1) is 0 Å². The van der Waals surface area contributed by atoms with Gasteiger partial charge in [0.2, 0.25) is 0 Å². The summed E-state index contributed by atoms with van der Waals surface area (Å²) in [5, 5.41) is 8.82. The quantitative estimate of drug-likeness (QED) is 0.579. The fraction of sp³-hybridized carbons (Fsp3) is 0.818. The molecule has 0 amide bonds. The number of carboxylic acids is 1. The van der Waals surface area contributed by atoms with Crippen LogP contribution in [-0.4, -0.2) is 36.4 Å². The normalized spacial score (nSPS) is 14.1. The summed E-state index contributed by atoms with van der Waals surface area (Å²) in [7, 11) is 0. The smallest absolute Gasteiger partial charge is 0.332 e. The number of rotatable bonds is 10. The molecule has 16 heavy (non-hydrogen) atoms. The molecule has 0 aromatic carbocycles. The van der Waals surface area contributed by atoms with Crippen molar-refractivity contribution in [3.63, 3.8) is 0 Å². The minimum atomic E-state index is -0.939. The van der Waals surface area contributed by atoms with Gasteiger partial charge in [0, 0.05) is 6.61 Å². The second kappa shape index (κ2) is 9.15. The van der Waals surface area contributed by atoms with E-state index >= 15 is 0 Å². The molecule has 5 nitrogen and oxygen atoms in total. The number of ether oxygens (including phenoxy) is 2. The van der Waals surface area contributed by atoms with Gasteiger partial charge in [-0.1, -0.05) is 6.92 Å². The third-order valence-electron chi connectivity index (χ3n) is 2.34. The van der Waals surface area contributed by atoms with E-state index in [1.807, 2.05) is 6.92 Å². The highest BCUT2D eigenvalue weighted by Crippen LogP contribution is 2.11. The van der Waals surface area contributed by atoms with Crippen molar-refractivity contribution in [2.75, 3.05) is 6.61 Å². The lowest BCUT2D eigenvalue weighted by molar-refractivity contribution is -0.150. The lowest BCUT2D eigenvalue weighted by Gasteiger charge is -2.15. The number of carbonyl (C=O) groups excluding carboxylic acids is 1. The summed E-state index contributed by atoms with van der Waals surface area (Å²) in [6.07, 6.45) is 1.66. The van der Waals surface area contributed by atoms with E-state index in [0.717, 1.165) is 6.42 Å². The maximum atomic E-state index is 10.7. The number of aliphatic carboxylic acids is 1. The van der Waals surface area contributed by atoms with Gasteiger partial charge in [0.1, 0.15) is 6.10 Å². The first-order valence-electron chi connectivity index (χ1n) is 5.59. The average Bonchev–Trinajstić information content (AvgIpc) is 2.26. The summed E-state index contributed by atoms with van der Waals surface area (Å²) in [5.74, 6) is -0.939. The van der Waals surface area contributed by atoms with Crippen molar-refractivity contribution in [2.45, 2.75) is 51.7 Å². The van der Waals surface area contributed by atoms with Crippen molar-refractivity contribution in [3.05, 3.63) is 0 Å². The van der Waals surface area contributed by atoms with Gasteiger partial charge >= 0.3 is 5.97 Å². The zero-order valence-corrected chi connectivity index (χ0v) is 9.85. The molecule has 0 radical (unpaired) electrons. The Morgan fingerprint density at radius 2 is 2.06 bits per heavy atom. The van der Waals surface area contributed by atoms with Crippen LogP contribution in [0.25, 0.3) is 0 Å². The molecule has 0 fully saturated rings. The largest absolute Gasteiger partial charge is 0.479 e. The Kier molecular flexibility index (Phi) is 8.52. The average molecular weight is 232 g/mol. The molecule has 0 aliphatic rings. The van der Waals surface area contributed by atoms with Crippen LogP contribution >= 0.6 is 0 Å². The third-order valence-corrected chi connectivity index (χ3v) is 2.34. The minimum Gasteiger partial charge on any atom is -0.479 e.